The van der Waals surface area contributed by atoms with Crippen molar-refractivity contribution in [3.63, 3.8) is 0 Å². The molecule has 0 spiro atoms. The van der Waals surface area contributed by atoms with Gasteiger partial charge in [-0.15, -0.1) is 11.3 Å². The maximum atomic E-state index is 13.2. The maximum Gasteiger partial charge on any atom is 0.250 e. The van der Waals surface area contributed by atoms with Crippen LogP contribution in [0.4, 0.5) is 10.1 Å². The van der Waals surface area contributed by atoms with Crippen molar-refractivity contribution in [2.45, 2.75) is 13.5 Å². The molecule has 1 N–H and O–H groups in total. The molecule has 0 radical (unpaired) electrons. The Balaban J connectivity index is 1.53. The summed E-state index contributed by atoms with van der Waals surface area (Å²) in [4.78, 5) is 16.3. The average Bonchev–Trinajstić information content (AvgIpc) is 2.93. The summed E-state index contributed by atoms with van der Waals surface area (Å²) in [6.45, 7) is 1.97. The fourth-order valence-electron chi connectivity index (χ4n) is 2.13. The van der Waals surface area contributed by atoms with Crippen molar-refractivity contribution in [1.29, 1.82) is 0 Å². The molecule has 0 aliphatic rings. The summed E-state index contributed by atoms with van der Waals surface area (Å²) in [5.41, 5.74) is 2.18. The summed E-state index contributed by atoms with van der Waals surface area (Å²) in [7, 11) is 0. The van der Waals surface area contributed by atoms with Crippen molar-refractivity contribution in [3.05, 3.63) is 58.9 Å². The standard InChI is InChI=1S/C17H15FN2O2S/c1-11-6-7-12(18)8-14(11)19-16(21)9-22-10-17-20-13-4-2-3-5-15(13)23-17/h2-8H,9-10H2,1H3,(H,19,21). The summed E-state index contributed by atoms with van der Waals surface area (Å²) < 4.78 is 19.7. The number of fused-ring (bicyclic) bond motifs is 1. The second-order valence-corrected chi connectivity index (χ2v) is 6.19. The van der Waals surface area contributed by atoms with E-state index in [9.17, 15) is 9.18 Å². The van der Waals surface area contributed by atoms with Crippen LogP contribution in [0.25, 0.3) is 10.2 Å². The number of halogens is 1. The molecule has 0 aliphatic heterocycles. The zero-order chi connectivity index (χ0) is 16.2. The number of thiazole rings is 1. The van der Waals surface area contributed by atoms with Crippen LogP contribution in [0.15, 0.2) is 42.5 Å². The third-order valence-electron chi connectivity index (χ3n) is 3.27. The molecule has 3 aromatic rings. The normalized spacial score (nSPS) is 10.9. The monoisotopic (exact) mass is 330 g/mol. The van der Waals surface area contributed by atoms with Gasteiger partial charge < -0.3 is 10.1 Å². The summed E-state index contributed by atoms with van der Waals surface area (Å²) in [5.74, 6) is -0.707. The zero-order valence-electron chi connectivity index (χ0n) is 12.5. The Bertz CT molecular complexity index is 814. The minimum absolute atomic E-state index is 0.105. The van der Waals surface area contributed by atoms with E-state index in [0.717, 1.165) is 20.8 Å². The van der Waals surface area contributed by atoms with E-state index in [0.29, 0.717) is 5.69 Å². The summed E-state index contributed by atoms with van der Waals surface area (Å²) >= 11 is 1.54. The van der Waals surface area contributed by atoms with Crippen molar-refractivity contribution in [3.8, 4) is 0 Å². The highest BCUT2D eigenvalue weighted by Crippen LogP contribution is 2.22. The van der Waals surface area contributed by atoms with Gasteiger partial charge in [-0.2, -0.15) is 0 Å². The highest BCUT2D eigenvalue weighted by molar-refractivity contribution is 7.18. The molecule has 23 heavy (non-hydrogen) atoms. The predicted octanol–water partition coefficient (Wildman–Crippen LogP) is 3.90. The molecule has 6 heteroatoms. The van der Waals surface area contributed by atoms with E-state index in [4.69, 9.17) is 4.74 Å². The number of rotatable bonds is 5. The molecule has 0 fully saturated rings. The molecular weight excluding hydrogens is 315 g/mol. The first-order chi connectivity index (χ1) is 11.1. The quantitative estimate of drug-likeness (QED) is 0.772. The number of amides is 1. The molecule has 1 amide bonds. The first-order valence-electron chi connectivity index (χ1n) is 7.10. The molecule has 0 aliphatic carbocycles. The van der Waals surface area contributed by atoms with Gasteiger partial charge in [0.25, 0.3) is 0 Å². The highest BCUT2D eigenvalue weighted by Gasteiger charge is 2.08. The molecule has 0 saturated carbocycles. The molecule has 118 valence electrons. The largest absolute Gasteiger partial charge is 0.364 e. The van der Waals surface area contributed by atoms with Crippen molar-refractivity contribution in [1.82, 2.24) is 4.98 Å². The fraction of sp³-hybridized carbons (Fsp3) is 0.176. The van der Waals surface area contributed by atoms with Crippen molar-refractivity contribution < 1.29 is 13.9 Å². The number of carbonyl (C=O) groups excluding carboxylic acids is 1. The molecule has 3 rings (SSSR count). The highest BCUT2D eigenvalue weighted by atomic mass is 32.1. The van der Waals surface area contributed by atoms with E-state index in [-0.39, 0.29) is 24.9 Å². The average molecular weight is 330 g/mol. The number of nitrogens with zero attached hydrogens (tertiary/aromatic N) is 1. The SMILES string of the molecule is Cc1ccc(F)cc1NC(=O)COCc1nc2ccccc2s1. The van der Waals surface area contributed by atoms with Gasteiger partial charge in [0.2, 0.25) is 5.91 Å². The zero-order valence-corrected chi connectivity index (χ0v) is 13.3. The molecule has 4 nitrogen and oxygen atoms in total. The number of ether oxygens (including phenoxy) is 1. The van der Waals surface area contributed by atoms with Gasteiger partial charge in [-0.1, -0.05) is 18.2 Å². The van der Waals surface area contributed by atoms with Gasteiger partial charge in [-0.05, 0) is 36.8 Å². The number of para-hydroxylation sites is 1. The number of nitrogens with one attached hydrogen (secondary N) is 1. The molecular formula is C17H15FN2O2S. The van der Waals surface area contributed by atoms with Crippen molar-refractivity contribution in [2.75, 3.05) is 11.9 Å². The van der Waals surface area contributed by atoms with Crippen LogP contribution in [0, 0.1) is 12.7 Å². The predicted molar refractivity (Wildman–Crippen MR) is 89.0 cm³/mol. The first-order valence-corrected chi connectivity index (χ1v) is 7.91. The summed E-state index contributed by atoms with van der Waals surface area (Å²) in [6, 6.07) is 12.1. The van der Waals surface area contributed by atoms with Gasteiger partial charge in [-0.3, -0.25) is 4.79 Å². The van der Waals surface area contributed by atoms with Gasteiger partial charge in [-0.25, -0.2) is 9.37 Å². The van der Waals surface area contributed by atoms with Gasteiger partial charge in [0.1, 0.15) is 17.4 Å². The van der Waals surface area contributed by atoms with E-state index >= 15 is 0 Å². The van der Waals surface area contributed by atoms with Crippen LogP contribution in [0.3, 0.4) is 0 Å². The van der Waals surface area contributed by atoms with E-state index in [1.54, 1.807) is 13.0 Å². The summed E-state index contributed by atoms with van der Waals surface area (Å²) in [5, 5.41) is 3.46. The van der Waals surface area contributed by atoms with Crippen molar-refractivity contribution in [2.24, 2.45) is 0 Å². The lowest BCUT2D eigenvalue weighted by Gasteiger charge is -2.08. The Morgan fingerprint density at radius 1 is 1.30 bits per heavy atom. The van der Waals surface area contributed by atoms with Crippen LogP contribution in [0.5, 0.6) is 0 Å². The lowest BCUT2D eigenvalue weighted by molar-refractivity contribution is -0.121. The molecule has 1 heterocycles. The number of hydrogen-bond acceptors (Lipinski definition) is 4. The summed E-state index contributed by atoms with van der Waals surface area (Å²) in [6.07, 6.45) is 0. The van der Waals surface area contributed by atoms with Gasteiger partial charge >= 0.3 is 0 Å². The van der Waals surface area contributed by atoms with Gasteiger partial charge in [0.05, 0.1) is 16.8 Å². The molecule has 0 unspecified atom stereocenters. The van der Waals surface area contributed by atoms with E-state index in [1.165, 1.54) is 23.5 Å². The maximum absolute atomic E-state index is 13.2. The molecule has 0 bridgehead atoms. The lowest BCUT2D eigenvalue weighted by atomic mass is 10.2. The smallest absolute Gasteiger partial charge is 0.250 e. The Hall–Kier alpha value is -2.31. The number of aryl methyl sites for hydroxylation is 1. The second-order valence-electron chi connectivity index (χ2n) is 5.08. The fourth-order valence-corrected chi connectivity index (χ4v) is 3.03. The topological polar surface area (TPSA) is 51.2 Å². The number of anilines is 1. The number of hydrogen-bond donors (Lipinski definition) is 1. The number of aromatic nitrogens is 1. The van der Waals surface area contributed by atoms with Crippen LogP contribution in [0.1, 0.15) is 10.6 Å². The number of benzene rings is 2. The van der Waals surface area contributed by atoms with Crippen LogP contribution < -0.4 is 5.32 Å². The van der Waals surface area contributed by atoms with E-state index < -0.39 is 0 Å². The lowest BCUT2D eigenvalue weighted by Crippen LogP contribution is -2.18. The molecule has 2 aromatic carbocycles. The molecule has 0 saturated heterocycles. The Morgan fingerprint density at radius 2 is 2.13 bits per heavy atom. The third-order valence-corrected chi connectivity index (χ3v) is 4.28. The van der Waals surface area contributed by atoms with E-state index in [2.05, 4.69) is 10.3 Å². The van der Waals surface area contributed by atoms with Crippen LogP contribution >= 0.6 is 11.3 Å². The Morgan fingerprint density at radius 3 is 2.96 bits per heavy atom. The van der Waals surface area contributed by atoms with Crippen molar-refractivity contribution >= 4 is 33.1 Å². The van der Waals surface area contributed by atoms with Crippen LogP contribution in [-0.2, 0) is 16.1 Å². The second kappa shape index (κ2) is 6.85. The van der Waals surface area contributed by atoms with Crippen LogP contribution in [-0.4, -0.2) is 17.5 Å². The minimum atomic E-state index is -0.388. The Kier molecular flexibility index (Phi) is 4.64. The van der Waals surface area contributed by atoms with Gasteiger partial charge in [0.15, 0.2) is 0 Å². The first kappa shape index (κ1) is 15.6. The molecule has 0 atom stereocenters. The third kappa shape index (κ3) is 3.91. The number of carbonyl (C=O) groups is 1. The Labute approximate surface area is 136 Å². The van der Waals surface area contributed by atoms with E-state index in [1.807, 2.05) is 24.3 Å². The minimum Gasteiger partial charge on any atom is -0.364 e. The molecule has 1 aromatic heterocycles. The van der Waals surface area contributed by atoms with Gasteiger partial charge in [0, 0.05) is 5.69 Å². The van der Waals surface area contributed by atoms with Crippen LogP contribution in [0.2, 0.25) is 0 Å².